The second-order valence-corrected chi connectivity index (χ2v) is 9.59. The van der Waals surface area contributed by atoms with Gasteiger partial charge in [-0.15, -0.1) is 5.10 Å². The molecule has 0 atom stereocenters. The van der Waals surface area contributed by atoms with Gasteiger partial charge in [-0.1, -0.05) is 59.9 Å². The maximum atomic E-state index is 12.6. The van der Waals surface area contributed by atoms with Crippen LogP contribution in [0.2, 0.25) is 0 Å². The van der Waals surface area contributed by atoms with Gasteiger partial charge in [-0.05, 0) is 18.6 Å². The van der Waals surface area contributed by atoms with E-state index in [0.717, 1.165) is 27.4 Å². The molecular formula is C20H19N5O3S2. The molecule has 0 saturated carbocycles. The van der Waals surface area contributed by atoms with E-state index in [-0.39, 0.29) is 6.54 Å². The van der Waals surface area contributed by atoms with Crippen molar-refractivity contribution in [1.82, 2.24) is 14.6 Å². The van der Waals surface area contributed by atoms with Gasteiger partial charge >= 0.3 is 0 Å². The van der Waals surface area contributed by atoms with Crippen molar-refractivity contribution in [2.75, 3.05) is 22.4 Å². The number of rotatable bonds is 6. The van der Waals surface area contributed by atoms with Crippen molar-refractivity contribution in [3.05, 3.63) is 66.4 Å². The molecule has 8 nitrogen and oxygen atoms in total. The zero-order chi connectivity index (χ0) is 21.3. The molecule has 0 saturated heterocycles. The van der Waals surface area contributed by atoms with Gasteiger partial charge in [0.05, 0.1) is 23.8 Å². The van der Waals surface area contributed by atoms with E-state index in [9.17, 15) is 13.2 Å². The highest BCUT2D eigenvalue weighted by molar-refractivity contribution is 7.92. The summed E-state index contributed by atoms with van der Waals surface area (Å²) in [4.78, 5) is 17.7. The molecule has 0 radical (unpaired) electrons. The number of fused-ring (bicyclic) bond motifs is 1. The van der Waals surface area contributed by atoms with Crippen molar-refractivity contribution in [3.63, 3.8) is 0 Å². The SMILES string of the molecule is Cc1ccccc1N(CC(=O)Nc1nn2cc(-c3ccccc3)nc2s1)S(C)(=O)=O. The molecule has 0 aliphatic heterocycles. The average Bonchev–Trinajstić information content (AvgIpc) is 3.25. The zero-order valence-corrected chi connectivity index (χ0v) is 17.9. The lowest BCUT2D eigenvalue weighted by Crippen LogP contribution is -2.37. The van der Waals surface area contributed by atoms with Crippen molar-refractivity contribution >= 4 is 43.0 Å². The molecule has 0 bridgehead atoms. The number of benzene rings is 2. The van der Waals surface area contributed by atoms with E-state index < -0.39 is 15.9 Å². The fraction of sp³-hybridized carbons (Fsp3) is 0.150. The van der Waals surface area contributed by atoms with Gasteiger partial charge in [0, 0.05) is 5.56 Å². The number of nitrogens with one attached hydrogen (secondary N) is 1. The molecular weight excluding hydrogens is 422 g/mol. The van der Waals surface area contributed by atoms with E-state index in [1.54, 1.807) is 35.8 Å². The smallest absolute Gasteiger partial charge is 0.246 e. The van der Waals surface area contributed by atoms with Crippen LogP contribution in [-0.2, 0) is 14.8 Å². The van der Waals surface area contributed by atoms with Gasteiger partial charge in [-0.25, -0.2) is 17.9 Å². The first-order valence-corrected chi connectivity index (χ1v) is 11.7. The number of aryl methyl sites for hydroxylation is 1. The molecule has 0 fully saturated rings. The summed E-state index contributed by atoms with van der Waals surface area (Å²) in [6.45, 7) is 1.45. The number of amides is 1. The minimum Gasteiger partial charge on any atom is -0.299 e. The molecule has 2 aromatic heterocycles. The normalized spacial score (nSPS) is 11.5. The van der Waals surface area contributed by atoms with E-state index in [1.165, 1.54) is 11.3 Å². The largest absolute Gasteiger partial charge is 0.299 e. The Morgan fingerprint density at radius 2 is 1.83 bits per heavy atom. The summed E-state index contributed by atoms with van der Waals surface area (Å²) in [7, 11) is -3.64. The maximum Gasteiger partial charge on any atom is 0.246 e. The van der Waals surface area contributed by atoms with Crippen LogP contribution in [0.5, 0.6) is 0 Å². The number of hydrogen-bond acceptors (Lipinski definition) is 6. The Kier molecular flexibility index (Phi) is 5.27. The molecule has 30 heavy (non-hydrogen) atoms. The molecule has 1 amide bonds. The zero-order valence-electron chi connectivity index (χ0n) is 16.3. The Balaban J connectivity index is 1.52. The van der Waals surface area contributed by atoms with Crippen molar-refractivity contribution in [2.24, 2.45) is 0 Å². The molecule has 154 valence electrons. The molecule has 4 aromatic rings. The van der Waals surface area contributed by atoms with Crippen LogP contribution in [0.1, 0.15) is 5.56 Å². The minimum atomic E-state index is -3.64. The standard InChI is InChI=1S/C20H19N5O3S2/c1-14-8-6-7-11-17(14)25(30(2,27)28)13-18(26)22-19-23-24-12-16(21-20(24)29-19)15-9-4-3-5-10-15/h3-12H,13H2,1-2H3,(H,22,23,26). The molecule has 1 N–H and O–H groups in total. The monoisotopic (exact) mass is 441 g/mol. The predicted octanol–water partition coefficient (Wildman–Crippen LogP) is 3.17. The van der Waals surface area contributed by atoms with Gasteiger partial charge in [0.2, 0.25) is 26.0 Å². The number of anilines is 2. The first kappa shape index (κ1) is 20.0. The van der Waals surface area contributed by atoms with Crippen molar-refractivity contribution in [2.45, 2.75) is 6.92 Å². The number of imidazole rings is 1. The van der Waals surface area contributed by atoms with Gasteiger partial charge in [-0.2, -0.15) is 0 Å². The van der Waals surface area contributed by atoms with E-state index in [1.807, 2.05) is 36.4 Å². The quantitative estimate of drug-likeness (QED) is 0.496. The van der Waals surface area contributed by atoms with Gasteiger partial charge in [-0.3, -0.25) is 14.4 Å². The molecule has 0 unspecified atom stereocenters. The van der Waals surface area contributed by atoms with Crippen LogP contribution in [0.4, 0.5) is 10.8 Å². The van der Waals surface area contributed by atoms with Gasteiger partial charge in [0.25, 0.3) is 0 Å². The minimum absolute atomic E-state index is 0.346. The first-order chi connectivity index (χ1) is 14.3. The lowest BCUT2D eigenvalue weighted by Gasteiger charge is -2.23. The van der Waals surface area contributed by atoms with Crippen molar-refractivity contribution in [3.8, 4) is 11.3 Å². The van der Waals surface area contributed by atoms with Crippen LogP contribution in [-0.4, -0.2) is 41.7 Å². The fourth-order valence-electron chi connectivity index (χ4n) is 3.01. The topological polar surface area (TPSA) is 96.7 Å². The Labute approximate surface area is 177 Å². The molecule has 0 spiro atoms. The van der Waals surface area contributed by atoms with Crippen LogP contribution >= 0.6 is 11.3 Å². The van der Waals surface area contributed by atoms with Gasteiger partial charge < -0.3 is 0 Å². The average molecular weight is 442 g/mol. The number of sulfonamides is 1. The molecule has 0 aliphatic carbocycles. The molecule has 4 rings (SSSR count). The highest BCUT2D eigenvalue weighted by atomic mass is 32.2. The summed E-state index contributed by atoms with van der Waals surface area (Å²) < 4.78 is 27.2. The second-order valence-electron chi connectivity index (χ2n) is 6.73. The third-order valence-corrected chi connectivity index (χ3v) is 6.40. The van der Waals surface area contributed by atoms with E-state index in [0.29, 0.717) is 15.8 Å². The highest BCUT2D eigenvalue weighted by Gasteiger charge is 2.23. The number of nitrogens with zero attached hydrogens (tertiary/aromatic N) is 4. The number of hydrogen-bond donors (Lipinski definition) is 1. The van der Waals surface area contributed by atoms with Crippen LogP contribution in [0, 0.1) is 6.92 Å². The lowest BCUT2D eigenvalue weighted by atomic mass is 10.2. The molecule has 0 aliphatic rings. The molecule has 10 heteroatoms. The summed E-state index contributed by atoms with van der Waals surface area (Å²) >= 11 is 1.22. The first-order valence-electron chi connectivity index (χ1n) is 9.06. The Morgan fingerprint density at radius 1 is 1.13 bits per heavy atom. The van der Waals surface area contributed by atoms with Gasteiger partial charge in [0.15, 0.2) is 0 Å². The summed E-state index contributed by atoms with van der Waals surface area (Å²) in [6.07, 6.45) is 2.86. The Morgan fingerprint density at radius 3 is 2.50 bits per heavy atom. The van der Waals surface area contributed by atoms with E-state index in [2.05, 4.69) is 15.4 Å². The number of aromatic nitrogens is 3. The molecule has 2 aromatic carbocycles. The van der Waals surface area contributed by atoms with Crippen LogP contribution in [0.3, 0.4) is 0 Å². The summed E-state index contributed by atoms with van der Waals surface area (Å²) in [5.41, 5.74) is 2.99. The second kappa shape index (κ2) is 7.88. The van der Waals surface area contributed by atoms with Crippen molar-refractivity contribution < 1.29 is 13.2 Å². The third kappa shape index (κ3) is 4.19. The number of carbonyl (C=O) groups is 1. The third-order valence-electron chi connectivity index (χ3n) is 4.43. The van der Waals surface area contributed by atoms with Crippen LogP contribution in [0.15, 0.2) is 60.8 Å². The van der Waals surface area contributed by atoms with Crippen LogP contribution in [0.25, 0.3) is 16.2 Å². The van der Waals surface area contributed by atoms with E-state index in [4.69, 9.17) is 0 Å². The van der Waals surface area contributed by atoms with Crippen molar-refractivity contribution in [1.29, 1.82) is 0 Å². The van der Waals surface area contributed by atoms with Crippen LogP contribution < -0.4 is 9.62 Å². The van der Waals surface area contributed by atoms with E-state index >= 15 is 0 Å². The predicted molar refractivity (Wildman–Crippen MR) is 118 cm³/mol. The summed E-state index contributed by atoms with van der Waals surface area (Å²) in [6, 6.07) is 16.7. The van der Waals surface area contributed by atoms with Gasteiger partial charge in [0.1, 0.15) is 6.54 Å². The summed E-state index contributed by atoms with van der Waals surface area (Å²) in [5.74, 6) is -0.482. The summed E-state index contributed by atoms with van der Waals surface area (Å²) in [5, 5.41) is 7.35. The number of para-hydroxylation sites is 1. The molecule has 2 heterocycles. The number of carbonyl (C=O) groups excluding carboxylic acids is 1. The Hall–Kier alpha value is -3.24. The lowest BCUT2D eigenvalue weighted by molar-refractivity contribution is -0.114. The Bertz CT molecular complexity index is 1280. The maximum absolute atomic E-state index is 12.6. The fourth-order valence-corrected chi connectivity index (χ4v) is 4.72. The highest BCUT2D eigenvalue weighted by Crippen LogP contribution is 2.25.